The lowest BCUT2D eigenvalue weighted by atomic mass is 9.83. The van der Waals surface area contributed by atoms with E-state index in [0.717, 1.165) is 16.9 Å². The molecule has 2 aromatic carbocycles. The van der Waals surface area contributed by atoms with Gasteiger partial charge in [0.05, 0.1) is 19.1 Å². The third-order valence-electron chi connectivity index (χ3n) is 5.13. The molecule has 27 heavy (non-hydrogen) atoms. The van der Waals surface area contributed by atoms with Crippen molar-refractivity contribution in [2.24, 2.45) is 5.92 Å². The summed E-state index contributed by atoms with van der Waals surface area (Å²) in [4.78, 5) is 27.2. The topological polar surface area (TPSA) is 58.6 Å². The number of carbonyl (C=O) groups is 2. The maximum atomic E-state index is 13.0. The van der Waals surface area contributed by atoms with Gasteiger partial charge in [-0.1, -0.05) is 42.5 Å². The van der Waals surface area contributed by atoms with Crippen molar-refractivity contribution >= 4 is 11.8 Å². The van der Waals surface area contributed by atoms with Crippen LogP contribution in [0.3, 0.4) is 0 Å². The quantitative estimate of drug-likeness (QED) is 0.853. The van der Waals surface area contributed by atoms with Gasteiger partial charge in [0.2, 0.25) is 11.8 Å². The van der Waals surface area contributed by atoms with Crippen LogP contribution >= 0.6 is 0 Å². The van der Waals surface area contributed by atoms with Gasteiger partial charge in [-0.3, -0.25) is 9.59 Å². The molecule has 5 nitrogen and oxygen atoms in total. The van der Waals surface area contributed by atoms with Gasteiger partial charge in [0.15, 0.2) is 0 Å². The van der Waals surface area contributed by atoms with Gasteiger partial charge in [-0.05, 0) is 36.6 Å². The van der Waals surface area contributed by atoms with Crippen LogP contribution in [-0.4, -0.2) is 30.4 Å². The highest BCUT2D eigenvalue weighted by molar-refractivity contribution is 5.85. The molecule has 0 saturated carbocycles. The molecular formula is C22H26N2O3. The van der Waals surface area contributed by atoms with Crippen LogP contribution in [0.15, 0.2) is 54.6 Å². The molecule has 2 atom stereocenters. The molecule has 1 fully saturated rings. The average Bonchev–Trinajstić information content (AvgIpc) is 2.72. The normalized spacial score (nSPS) is 19.6. The van der Waals surface area contributed by atoms with Gasteiger partial charge >= 0.3 is 0 Å². The Morgan fingerprint density at radius 1 is 1.19 bits per heavy atom. The SMILES string of the molecule is CCN1C(=O)CC[C@@H](C(=O)NCc2cccc(OC)c2)[C@@H]1c1ccccc1. The molecule has 0 aromatic heterocycles. The van der Waals surface area contributed by atoms with Crippen molar-refractivity contribution in [3.8, 4) is 5.75 Å². The number of benzene rings is 2. The summed E-state index contributed by atoms with van der Waals surface area (Å²) in [6.07, 6.45) is 0.979. The molecule has 0 aliphatic carbocycles. The summed E-state index contributed by atoms with van der Waals surface area (Å²) < 4.78 is 5.24. The number of amides is 2. The van der Waals surface area contributed by atoms with Gasteiger partial charge in [-0.2, -0.15) is 0 Å². The Kier molecular flexibility index (Phi) is 6.12. The minimum absolute atomic E-state index is 0.0161. The number of rotatable bonds is 6. The maximum Gasteiger partial charge on any atom is 0.225 e. The summed E-state index contributed by atoms with van der Waals surface area (Å²) in [5, 5.41) is 3.05. The smallest absolute Gasteiger partial charge is 0.225 e. The lowest BCUT2D eigenvalue weighted by Crippen LogP contribution is -2.47. The van der Waals surface area contributed by atoms with E-state index >= 15 is 0 Å². The Balaban J connectivity index is 1.77. The average molecular weight is 366 g/mol. The fraction of sp³-hybridized carbons (Fsp3) is 0.364. The van der Waals surface area contributed by atoms with Crippen LogP contribution in [-0.2, 0) is 16.1 Å². The summed E-state index contributed by atoms with van der Waals surface area (Å²) in [7, 11) is 1.63. The first-order valence-corrected chi connectivity index (χ1v) is 9.39. The van der Waals surface area contributed by atoms with Crippen LogP contribution in [0, 0.1) is 5.92 Å². The molecule has 0 radical (unpaired) electrons. The molecule has 1 aliphatic heterocycles. The molecule has 5 heteroatoms. The predicted molar refractivity (Wildman–Crippen MR) is 104 cm³/mol. The third-order valence-corrected chi connectivity index (χ3v) is 5.13. The summed E-state index contributed by atoms with van der Waals surface area (Å²) in [6, 6.07) is 17.3. The maximum absolute atomic E-state index is 13.0. The number of nitrogens with one attached hydrogen (secondary N) is 1. The van der Waals surface area contributed by atoms with E-state index in [0.29, 0.717) is 25.9 Å². The Hall–Kier alpha value is -2.82. The van der Waals surface area contributed by atoms with Gasteiger partial charge in [-0.15, -0.1) is 0 Å². The van der Waals surface area contributed by atoms with Gasteiger partial charge in [0.1, 0.15) is 5.75 Å². The van der Waals surface area contributed by atoms with Crippen molar-refractivity contribution in [2.75, 3.05) is 13.7 Å². The highest BCUT2D eigenvalue weighted by Gasteiger charge is 2.39. The first-order valence-electron chi connectivity index (χ1n) is 9.39. The van der Waals surface area contributed by atoms with E-state index in [4.69, 9.17) is 4.74 Å². The second kappa shape index (κ2) is 8.71. The number of nitrogens with zero attached hydrogens (tertiary/aromatic N) is 1. The van der Waals surface area contributed by atoms with E-state index in [1.54, 1.807) is 7.11 Å². The van der Waals surface area contributed by atoms with Crippen molar-refractivity contribution in [2.45, 2.75) is 32.4 Å². The van der Waals surface area contributed by atoms with Gasteiger partial charge in [-0.25, -0.2) is 0 Å². The predicted octanol–water partition coefficient (Wildman–Crippen LogP) is 3.31. The van der Waals surface area contributed by atoms with E-state index in [9.17, 15) is 9.59 Å². The Bertz CT molecular complexity index is 791. The van der Waals surface area contributed by atoms with Crippen molar-refractivity contribution in [1.82, 2.24) is 10.2 Å². The number of likely N-dealkylation sites (tertiary alicyclic amines) is 1. The molecule has 1 heterocycles. The molecule has 1 saturated heterocycles. The van der Waals surface area contributed by atoms with E-state index in [-0.39, 0.29) is 23.8 Å². The largest absolute Gasteiger partial charge is 0.497 e. The molecule has 2 aromatic rings. The van der Waals surface area contributed by atoms with Gasteiger partial charge < -0.3 is 15.0 Å². The first kappa shape index (κ1) is 19.0. The molecule has 0 unspecified atom stereocenters. The van der Waals surface area contributed by atoms with E-state index < -0.39 is 0 Å². The van der Waals surface area contributed by atoms with Crippen molar-refractivity contribution in [3.05, 3.63) is 65.7 Å². The second-order valence-electron chi connectivity index (χ2n) is 6.75. The van der Waals surface area contributed by atoms with Crippen LogP contribution in [0.5, 0.6) is 5.75 Å². The molecule has 1 N–H and O–H groups in total. The lowest BCUT2D eigenvalue weighted by molar-refractivity contribution is -0.143. The Labute approximate surface area is 160 Å². The van der Waals surface area contributed by atoms with Gasteiger partial charge in [0.25, 0.3) is 0 Å². The van der Waals surface area contributed by atoms with E-state index in [1.807, 2.05) is 66.4 Å². The van der Waals surface area contributed by atoms with Crippen LogP contribution in [0.4, 0.5) is 0 Å². The standard InChI is InChI=1S/C22H26N2O3/c1-3-24-20(25)13-12-19(21(24)17-9-5-4-6-10-17)22(26)23-15-16-8-7-11-18(14-16)27-2/h4-11,14,19,21H,3,12-13,15H2,1-2H3,(H,23,26)/t19-,21+/m1/s1. The number of hydrogen-bond acceptors (Lipinski definition) is 3. The zero-order valence-electron chi connectivity index (χ0n) is 15.9. The fourth-order valence-corrected chi connectivity index (χ4v) is 3.77. The Morgan fingerprint density at radius 2 is 1.96 bits per heavy atom. The van der Waals surface area contributed by atoms with E-state index in [1.165, 1.54) is 0 Å². The highest BCUT2D eigenvalue weighted by Crippen LogP contribution is 2.36. The minimum atomic E-state index is -0.254. The number of methoxy groups -OCH3 is 1. The second-order valence-corrected chi connectivity index (χ2v) is 6.75. The van der Waals surface area contributed by atoms with Crippen molar-refractivity contribution in [3.63, 3.8) is 0 Å². The number of hydrogen-bond donors (Lipinski definition) is 1. The minimum Gasteiger partial charge on any atom is -0.497 e. The zero-order valence-corrected chi connectivity index (χ0v) is 15.9. The van der Waals surface area contributed by atoms with Crippen molar-refractivity contribution in [1.29, 1.82) is 0 Å². The summed E-state index contributed by atoms with van der Waals surface area (Å²) in [5.74, 6) is 0.612. The van der Waals surface area contributed by atoms with Crippen LogP contribution in [0.2, 0.25) is 0 Å². The Morgan fingerprint density at radius 3 is 2.67 bits per heavy atom. The molecule has 1 aliphatic rings. The third kappa shape index (κ3) is 4.30. The van der Waals surface area contributed by atoms with Crippen LogP contribution in [0.1, 0.15) is 36.9 Å². The molecule has 0 spiro atoms. The molecule has 142 valence electrons. The van der Waals surface area contributed by atoms with Crippen LogP contribution in [0.25, 0.3) is 0 Å². The fourth-order valence-electron chi connectivity index (χ4n) is 3.77. The van der Waals surface area contributed by atoms with Crippen LogP contribution < -0.4 is 10.1 Å². The van der Waals surface area contributed by atoms with Gasteiger partial charge in [0, 0.05) is 19.5 Å². The lowest BCUT2D eigenvalue weighted by Gasteiger charge is -2.40. The first-order chi connectivity index (χ1) is 13.1. The summed E-state index contributed by atoms with van der Waals surface area (Å²) in [5.41, 5.74) is 1.99. The molecular weight excluding hydrogens is 340 g/mol. The zero-order chi connectivity index (χ0) is 19.2. The molecule has 2 amide bonds. The molecule has 3 rings (SSSR count). The molecule has 0 bridgehead atoms. The monoisotopic (exact) mass is 366 g/mol. The van der Waals surface area contributed by atoms with Crippen molar-refractivity contribution < 1.29 is 14.3 Å². The summed E-state index contributed by atoms with van der Waals surface area (Å²) in [6.45, 7) is 3.00. The van der Waals surface area contributed by atoms with E-state index in [2.05, 4.69) is 5.32 Å². The highest BCUT2D eigenvalue weighted by atomic mass is 16.5. The number of ether oxygens (including phenoxy) is 1. The summed E-state index contributed by atoms with van der Waals surface area (Å²) >= 11 is 0. The number of piperidine rings is 1. The number of carbonyl (C=O) groups excluding carboxylic acids is 2.